The molecule has 1 N–H and O–H groups in total. The fourth-order valence-electron chi connectivity index (χ4n) is 5.05. The fraction of sp³-hybridized carbons (Fsp3) is 0.875. The zero-order chi connectivity index (χ0) is 13.7. The van der Waals surface area contributed by atoms with Gasteiger partial charge in [-0.3, -0.25) is 14.5 Å². The van der Waals surface area contributed by atoms with Gasteiger partial charge in [0.2, 0.25) is 11.8 Å². The molecule has 2 bridgehead atoms. The first-order chi connectivity index (χ1) is 9.68. The van der Waals surface area contributed by atoms with E-state index in [1.54, 1.807) is 4.90 Å². The van der Waals surface area contributed by atoms with Crippen LogP contribution < -0.4 is 5.32 Å². The van der Waals surface area contributed by atoms with E-state index < -0.39 is 0 Å². The Bertz CT molecular complexity index is 430. The van der Waals surface area contributed by atoms with Crippen molar-refractivity contribution in [2.24, 2.45) is 5.41 Å². The van der Waals surface area contributed by atoms with Crippen molar-refractivity contribution in [3.63, 3.8) is 0 Å². The lowest BCUT2D eigenvalue weighted by molar-refractivity contribution is -0.145. The smallest absolute Gasteiger partial charge is 0.236 e. The highest BCUT2D eigenvalue weighted by Gasteiger charge is 2.54. The Kier molecular flexibility index (Phi) is 2.92. The number of amides is 2. The summed E-state index contributed by atoms with van der Waals surface area (Å²) in [5.41, 5.74) is -0.306. The molecule has 20 heavy (non-hydrogen) atoms. The largest absolute Gasteiger partial charge is 0.311 e. The lowest BCUT2D eigenvalue weighted by Crippen LogP contribution is -2.51. The Balaban J connectivity index is 1.56. The van der Waals surface area contributed by atoms with Crippen LogP contribution in [0.15, 0.2) is 0 Å². The lowest BCUT2D eigenvalue weighted by Gasteiger charge is -2.36. The number of hydrogen-bond donors (Lipinski definition) is 1. The molecule has 4 heteroatoms. The zero-order valence-corrected chi connectivity index (χ0v) is 12.1. The average Bonchev–Trinajstić information content (AvgIpc) is 2.89. The van der Waals surface area contributed by atoms with E-state index in [1.165, 1.54) is 19.3 Å². The van der Waals surface area contributed by atoms with Gasteiger partial charge in [-0.25, -0.2) is 0 Å². The Morgan fingerprint density at radius 1 is 1.00 bits per heavy atom. The summed E-state index contributed by atoms with van der Waals surface area (Å²) in [4.78, 5) is 27.1. The van der Waals surface area contributed by atoms with Crippen molar-refractivity contribution in [1.29, 1.82) is 0 Å². The van der Waals surface area contributed by atoms with Crippen molar-refractivity contribution in [3.05, 3.63) is 0 Å². The average molecular weight is 276 g/mol. The third-order valence-corrected chi connectivity index (χ3v) is 6.05. The molecule has 4 fully saturated rings. The number of carbonyl (C=O) groups excluding carboxylic acids is 2. The molecule has 1 aliphatic carbocycles. The van der Waals surface area contributed by atoms with Gasteiger partial charge < -0.3 is 5.32 Å². The molecule has 110 valence electrons. The van der Waals surface area contributed by atoms with Gasteiger partial charge >= 0.3 is 0 Å². The van der Waals surface area contributed by atoms with E-state index in [1.807, 2.05) is 0 Å². The molecule has 3 aliphatic heterocycles. The summed E-state index contributed by atoms with van der Waals surface area (Å²) >= 11 is 0. The number of carbonyl (C=O) groups is 2. The second-order valence-corrected chi connectivity index (χ2v) is 7.35. The van der Waals surface area contributed by atoms with E-state index in [0.717, 1.165) is 38.5 Å². The summed E-state index contributed by atoms with van der Waals surface area (Å²) in [5.74, 6) is 0.289. The zero-order valence-electron chi connectivity index (χ0n) is 12.1. The summed E-state index contributed by atoms with van der Waals surface area (Å²) < 4.78 is 0. The molecule has 0 radical (unpaired) electrons. The van der Waals surface area contributed by atoms with Gasteiger partial charge in [-0.05, 0) is 38.5 Å². The summed E-state index contributed by atoms with van der Waals surface area (Å²) in [6.07, 6.45) is 10.2. The van der Waals surface area contributed by atoms with Gasteiger partial charge in [0, 0.05) is 24.5 Å². The molecule has 0 aromatic rings. The number of nitrogens with zero attached hydrogens (tertiary/aromatic N) is 1. The topological polar surface area (TPSA) is 49.4 Å². The van der Waals surface area contributed by atoms with E-state index >= 15 is 0 Å². The van der Waals surface area contributed by atoms with Crippen LogP contribution in [-0.4, -0.2) is 34.8 Å². The van der Waals surface area contributed by atoms with Gasteiger partial charge in [-0.1, -0.05) is 19.3 Å². The summed E-state index contributed by atoms with van der Waals surface area (Å²) in [5, 5.41) is 3.60. The first-order valence-electron chi connectivity index (χ1n) is 8.30. The van der Waals surface area contributed by atoms with E-state index in [0.29, 0.717) is 18.5 Å². The molecule has 1 spiro atoms. The molecule has 4 aliphatic rings. The van der Waals surface area contributed by atoms with Crippen LogP contribution >= 0.6 is 0 Å². The van der Waals surface area contributed by atoms with Crippen LogP contribution in [0.4, 0.5) is 0 Å². The number of rotatable bonds is 1. The van der Waals surface area contributed by atoms with Crippen molar-refractivity contribution in [1.82, 2.24) is 10.2 Å². The molecule has 0 aromatic heterocycles. The maximum Gasteiger partial charge on any atom is 0.236 e. The third-order valence-electron chi connectivity index (χ3n) is 6.05. The number of piperidine rings is 1. The molecule has 1 saturated carbocycles. The predicted molar refractivity (Wildman–Crippen MR) is 75.0 cm³/mol. The van der Waals surface area contributed by atoms with Crippen molar-refractivity contribution < 1.29 is 9.59 Å². The minimum Gasteiger partial charge on any atom is -0.311 e. The first kappa shape index (κ1) is 12.8. The van der Waals surface area contributed by atoms with Crippen LogP contribution in [0, 0.1) is 5.41 Å². The maximum absolute atomic E-state index is 12.9. The van der Waals surface area contributed by atoms with Gasteiger partial charge in [-0.15, -0.1) is 0 Å². The molecule has 2 amide bonds. The van der Waals surface area contributed by atoms with E-state index in [4.69, 9.17) is 0 Å². The molecule has 2 unspecified atom stereocenters. The second-order valence-electron chi connectivity index (χ2n) is 7.35. The van der Waals surface area contributed by atoms with E-state index in [2.05, 4.69) is 5.32 Å². The van der Waals surface area contributed by atoms with Gasteiger partial charge in [-0.2, -0.15) is 0 Å². The van der Waals surface area contributed by atoms with Crippen molar-refractivity contribution >= 4 is 11.8 Å². The summed E-state index contributed by atoms with van der Waals surface area (Å²) in [6.45, 7) is 0. The Morgan fingerprint density at radius 2 is 1.65 bits per heavy atom. The number of fused-ring (bicyclic) bond motifs is 2. The third kappa shape index (κ3) is 1.84. The van der Waals surface area contributed by atoms with E-state index in [9.17, 15) is 9.59 Å². The van der Waals surface area contributed by atoms with Gasteiger partial charge in [0.25, 0.3) is 0 Å². The highest BCUT2D eigenvalue weighted by atomic mass is 16.2. The van der Waals surface area contributed by atoms with Crippen molar-refractivity contribution in [3.8, 4) is 0 Å². The quantitative estimate of drug-likeness (QED) is 0.745. The normalized spacial score (nSPS) is 39.8. The lowest BCUT2D eigenvalue weighted by atomic mass is 9.73. The standard InChI is InChI=1S/C16H24N2O2/c19-14-10-16(6-2-1-3-7-16)15(20)18(14)13-8-11-4-5-12(9-13)17-11/h11-13,17H,1-10H2. The summed E-state index contributed by atoms with van der Waals surface area (Å²) in [6, 6.07) is 1.24. The Morgan fingerprint density at radius 3 is 2.30 bits per heavy atom. The predicted octanol–water partition coefficient (Wildman–Crippen LogP) is 1.98. The molecule has 4 rings (SSSR count). The Hall–Kier alpha value is -0.900. The number of hydrogen-bond acceptors (Lipinski definition) is 3. The highest BCUT2D eigenvalue weighted by molar-refractivity contribution is 6.06. The van der Waals surface area contributed by atoms with Gasteiger partial charge in [0.1, 0.15) is 0 Å². The minimum atomic E-state index is -0.306. The first-order valence-corrected chi connectivity index (χ1v) is 8.30. The van der Waals surface area contributed by atoms with Gasteiger partial charge in [0.15, 0.2) is 0 Å². The Labute approximate surface area is 120 Å². The van der Waals surface area contributed by atoms with Crippen LogP contribution in [0.5, 0.6) is 0 Å². The SMILES string of the molecule is O=C1CC2(CCCCC2)C(=O)N1C1CC2CCC(C1)N2. The van der Waals surface area contributed by atoms with Crippen LogP contribution in [0.2, 0.25) is 0 Å². The van der Waals surface area contributed by atoms with Crippen LogP contribution in [0.1, 0.15) is 64.2 Å². The monoisotopic (exact) mass is 276 g/mol. The molecule has 0 aromatic carbocycles. The minimum absolute atomic E-state index is 0.114. The highest BCUT2D eigenvalue weighted by Crippen LogP contribution is 2.47. The fourth-order valence-corrected chi connectivity index (χ4v) is 5.05. The van der Waals surface area contributed by atoms with Crippen molar-refractivity contribution in [2.75, 3.05) is 0 Å². The van der Waals surface area contributed by atoms with Crippen LogP contribution in [0.3, 0.4) is 0 Å². The number of nitrogens with one attached hydrogen (secondary N) is 1. The maximum atomic E-state index is 12.9. The molecule has 3 heterocycles. The molecule has 3 saturated heterocycles. The van der Waals surface area contributed by atoms with E-state index in [-0.39, 0.29) is 23.3 Å². The molecule has 4 nitrogen and oxygen atoms in total. The van der Waals surface area contributed by atoms with Gasteiger partial charge in [0.05, 0.1) is 5.41 Å². The second kappa shape index (κ2) is 4.55. The van der Waals surface area contributed by atoms with Crippen LogP contribution in [-0.2, 0) is 9.59 Å². The summed E-state index contributed by atoms with van der Waals surface area (Å²) in [7, 11) is 0. The number of likely N-dealkylation sites (tertiary alicyclic amines) is 1. The molecular weight excluding hydrogens is 252 g/mol. The molecular formula is C16H24N2O2. The number of imide groups is 1. The van der Waals surface area contributed by atoms with Crippen molar-refractivity contribution in [2.45, 2.75) is 82.3 Å². The van der Waals surface area contributed by atoms with Crippen LogP contribution in [0.25, 0.3) is 0 Å². The molecule has 2 atom stereocenters.